The van der Waals surface area contributed by atoms with Gasteiger partial charge in [0.25, 0.3) is 0 Å². The van der Waals surface area contributed by atoms with Gasteiger partial charge in [0.05, 0.1) is 6.10 Å². The quantitative estimate of drug-likeness (QED) is 0.602. The van der Waals surface area contributed by atoms with Gasteiger partial charge in [-0.1, -0.05) is 20.8 Å². The highest BCUT2D eigenvalue weighted by atomic mass is 16.6. The van der Waals surface area contributed by atoms with Crippen molar-refractivity contribution >= 4 is 0 Å². The lowest BCUT2D eigenvalue weighted by molar-refractivity contribution is -0.146. The van der Waals surface area contributed by atoms with E-state index in [0.717, 1.165) is 0 Å². The van der Waals surface area contributed by atoms with E-state index in [1.165, 1.54) is 0 Å². The molecule has 0 aliphatic carbocycles. The maximum atomic E-state index is 8.86. The molecule has 0 saturated heterocycles. The molecule has 0 heterocycles. The van der Waals surface area contributed by atoms with Crippen LogP contribution < -0.4 is 0 Å². The van der Waals surface area contributed by atoms with Gasteiger partial charge in [-0.15, -0.1) is 0 Å². The van der Waals surface area contributed by atoms with Gasteiger partial charge in [-0.25, -0.2) is 0 Å². The summed E-state index contributed by atoms with van der Waals surface area (Å²) in [6, 6.07) is 0. The minimum absolute atomic E-state index is 0.0903. The highest BCUT2D eigenvalue weighted by Crippen LogP contribution is 2.22. The molecule has 0 aromatic carbocycles. The van der Waals surface area contributed by atoms with Crippen LogP contribution >= 0.6 is 0 Å². The summed E-state index contributed by atoms with van der Waals surface area (Å²) in [4.78, 5) is 0. The average molecular weight is 146 g/mol. The first-order valence-electron chi connectivity index (χ1n) is 3.67. The Labute approximate surface area is 63.2 Å². The van der Waals surface area contributed by atoms with Crippen LogP contribution in [0.25, 0.3) is 0 Å². The fourth-order valence-corrected chi connectivity index (χ4v) is 0.500. The summed E-state index contributed by atoms with van der Waals surface area (Å²) >= 11 is 0. The molecule has 2 nitrogen and oxygen atoms in total. The van der Waals surface area contributed by atoms with Gasteiger partial charge < -0.3 is 9.84 Å². The highest BCUT2D eigenvalue weighted by Gasteiger charge is 2.21. The molecule has 0 fully saturated rings. The standard InChI is InChI=1S/C8H18O2/c1-6(8(3,4)5)10-7(2)9/h6-7,9H,1-5H3. The molecule has 10 heavy (non-hydrogen) atoms. The van der Waals surface area contributed by atoms with Gasteiger partial charge in [-0.05, 0) is 19.3 Å². The number of rotatable bonds is 2. The summed E-state index contributed by atoms with van der Waals surface area (Å²) in [5.74, 6) is 0. The summed E-state index contributed by atoms with van der Waals surface area (Å²) in [6.45, 7) is 9.84. The fourth-order valence-electron chi connectivity index (χ4n) is 0.500. The topological polar surface area (TPSA) is 29.5 Å². The van der Waals surface area contributed by atoms with Crippen LogP contribution in [0.5, 0.6) is 0 Å². The van der Waals surface area contributed by atoms with Gasteiger partial charge in [0.15, 0.2) is 6.29 Å². The van der Waals surface area contributed by atoms with E-state index in [4.69, 9.17) is 9.84 Å². The number of hydrogen-bond donors (Lipinski definition) is 1. The molecule has 0 rings (SSSR count). The Bertz CT molecular complexity index is 91.9. The van der Waals surface area contributed by atoms with Crippen LogP contribution in [0, 0.1) is 5.41 Å². The lowest BCUT2D eigenvalue weighted by Crippen LogP contribution is -2.29. The van der Waals surface area contributed by atoms with E-state index >= 15 is 0 Å². The van der Waals surface area contributed by atoms with Crippen molar-refractivity contribution in [1.29, 1.82) is 0 Å². The number of ether oxygens (including phenoxy) is 1. The molecule has 0 aromatic heterocycles. The van der Waals surface area contributed by atoms with Crippen molar-refractivity contribution in [3.05, 3.63) is 0 Å². The highest BCUT2D eigenvalue weighted by molar-refractivity contribution is 4.69. The molecule has 0 aliphatic rings. The lowest BCUT2D eigenvalue weighted by Gasteiger charge is -2.28. The first-order chi connectivity index (χ1) is 4.34. The van der Waals surface area contributed by atoms with Gasteiger partial charge in [0, 0.05) is 0 Å². The minimum Gasteiger partial charge on any atom is -0.368 e. The molecular formula is C8H18O2. The smallest absolute Gasteiger partial charge is 0.152 e. The van der Waals surface area contributed by atoms with Crippen molar-refractivity contribution < 1.29 is 9.84 Å². The summed E-state index contributed by atoms with van der Waals surface area (Å²) < 4.78 is 5.17. The van der Waals surface area contributed by atoms with E-state index in [9.17, 15) is 0 Å². The third-order valence-corrected chi connectivity index (χ3v) is 1.62. The molecule has 2 heteroatoms. The largest absolute Gasteiger partial charge is 0.368 e. The predicted octanol–water partition coefficient (Wildman–Crippen LogP) is 1.78. The zero-order chi connectivity index (χ0) is 8.36. The molecular weight excluding hydrogens is 128 g/mol. The molecule has 0 aliphatic heterocycles. The molecule has 2 unspecified atom stereocenters. The van der Waals surface area contributed by atoms with Gasteiger partial charge in [0.1, 0.15) is 0 Å². The normalized spacial score (nSPS) is 18.6. The van der Waals surface area contributed by atoms with Gasteiger partial charge >= 0.3 is 0 Å². The molecule has 0 amide bonds. The van der Waals surface area contributed by atoms with Crippen LogP contribution in [0.15, 0.2) is 0 Å². The second-order valence-electron chi connectivity index (χ2n) is 3.74. The maximum Gasteiger partial charge on any atom is 0.152 e. The zero-order valence-electron chi connectivity index (χ0n) is 7.51. The van der Waals surface area contributed by atoms with E-state index < -0.39 is 6.29 Å². The predicted molar refractivity (Wildman–Crippen MR) is 41.7 cm³/mol. The molecule has 0 aromatic rings. The van der Waals surface area contributed by atoms with Crippen LogP contribution in [0.2, 0.25) is 0 Å². The molecule has 0 spiro atoms. The van der Waals surface area contributed by atoms with Crippen LogP contribution in [-0.2, 0) is 4.74 Å². The van der Waals surface area contributed by atoms with Crippen molar-refractivity contribution in [2.45, 2.75) is 47.0 Å². The maximum absolute atomic E-state index is 8.86. The fraction of sp³-hybridized carbons (Fsp3) is 1.00. The Morgan fingerprint density at radius 3 is 1.70 bits per heavy atom. The van der Waals surface area contributed by atoms with Crippen molar-refractivity contribution in [3.8, 4) is 0 Å². The van der Waals surface area contributed by atoms with Crippen molar-refractivity contribution in [3.63, 3.8) is 0 Å². The number of aliphatic hydroxyl groups is 1. The van der Waals surface area contributed by atoms with Crippen molar-refractivity contribution in [1.82, 2.24) is 0 Å². The van der Waals surface area contributed by atoms with E-state index in [2.05, 4.69) is 20.8 Å². The Morgan fingerprint density at radius 1 is 1.20 bits per heavy atom. The van der Waals surface area contributed by atoms with E-state index in [1.54, 1.807) is 6.92 Å². The Morgan fingerprint density at radius 2 is 1.60 bits per heavy atom. The van der Waals surface area contributed by atoms with E-state index in [1.807, 2.05) is 6.92 Å². The molecule has 0 saturated carbocycles. The summed E-state index contributed by atoms with van der Waals surface area (Å²) in [7, 11) is 0. The molecule has 0 bridgehead atoms. The van der Waals surface area contributed by atoms with E-state index in [0.29, 0.717) is 0 Å². The zero-order valence-corrected chi connectivity index (χ0v) is 7.51. The van der Waals surface area contributed by atoms with E-state index in [-0.39, 0.29) is 11.5 Å². The summed E-state index contributed by atoms with van der Waals surface area (Å²) in [6.07, 6.45) is -0.568. The SMILES string of the molecule is CC(O)OC(C)C(C)(C)C. The first kappa shape index (κ1) is 9.92. The van der Waals surface area contributed by atoms with Crippen molar-refractivity contribution in [2.24, 2.45) is 5.41 Å². The van der Waals surface area contributed by atoms with Crippen LogP contribution in [0.3, 0.4) is 0 Å². The second-order valence-corrected chi connectivity index (χ2v) is 3.74. The third kappa shape index (κ3) is 3.85. The Kier molecular flexibility index (Phi) is 3.33. The third-order valence-electron chi connectivity index (χ3n) is 1.62. The minimum atomic E-state index is -0.658. The van der Waals surface area contributed by atoms with Gasteiger partial charge in [0.2, 0.25) is 0 Å². The Balaban J connectivity index is 3.73. The number of hydrogen-bond acceptors (Lipinski definition) is 2. The average Bonchev–Trinajstić information content (AvgIpc) is 1.60. The second kappa shape index (κ2) is 3.35. The first-order valence-corrected chi connectivity index (χ1v) is 3.67. The molecule has 62 valence electrons. The summed E-state index contributed by atoms with van der Waals surface area (Å²) in [5, 5.41) is 8.86. The lowest BCUT2D eigenvalue weighted by atomic mass is 9.90. The van der Waals surface area contributed by atoms with Crippen molar-refractivity contribution in [2.75, 3.05) is 0 Å². The van der Waals surface area contributed by atoms with Gasteiger partial charge in [-0.3, -0.25) is 0 Å². The van der Waals surface area contributed by atoms with Gasteiger partial charge in [-0.2, -0.15) is 0 Å². The summed E-state index contributed by atoms with van der Waals surface area (Å²) in [5.41, 5.74) is 0.108. The van der Waals surface area contributed by atoms with Crippen LogP contribution in [0.4, 0.5) is 0 Å². The number of aliphatic hydroxyl groups excluding tert-OH is 1. The monoisotopic (exact) mass is 146 g/mol. The Hall–Kier alpha value is -0.0800. The molecule has 2 atom stereocenters. The van der Waals surface area contributed by atoms with Crippen LogP contribution in [0.1, 0.15) is 34.6 Å². The van der Waals surface area contributed by atoms with Crippen LogP contribution in [-0.4, -0.2) is 17.5 Å². The molecule has 1 N–H and O–H groups in total. The molecule has 0 radical (unpaired) electrons.